The van der Waals surface area contributed by atoms with E-state index in [1.807, 2.05) is 0 Å². The molecule has 0 aromatic heterocycles. The molecule has 1 aromatic carbocycles. The molecule has 1 aliphatic rings. The lowest BCUT2D eigenvalue weighted by molar-refractivity contribution is 0.456. The molecule has 1 aliphatic carbocycles. The van der Waals surface area contributed by atoms with Crippen molar-refractivity contribution in [3.8, 4) is 0 Å². The summed E-state index contributed by atoms with van der Waals surface area (Å²) in [4.78, 5) is 0. The zero-order chi connectivity index (χ0) is 11.4. The van der Waals surface area contributed by atoms with Gasteiger partial charge in [0.15, 0.2) is 0 Å². The highest BCUT2D eigenvalue weighted by Gasteiger charge is 2.18. The van der Waals surface area contributed by atoms with Crippen molar-refractivity contribution < 1.29 is 0 Å². The first-order valence-electron chi connectivity index (χ1n) is 6.52. The van der Waals surface area contributed by atoms with Crippen LogP contribution in [0.5, 0.6) is 0 Å². The van der Waals surface area contributed by atoms with Crippen molar-refractivity contribution in [2.75, 3.05) is 0 Å². The second-order valence-corrected chi connectivity index (χ2v) is 5.16. The minimum Gasteiger partial charge on any atom is -0.0882 e. The Balaban J connectivity index is 2.36. The number of allylic oxidation sites excluding steroid dienone is 2. The van der Waals surface area contributed by atoms with Crippen molar-refractivity contribution in [1.82, 2.24) is 0 Å². The molecule has 0 spiro atoms. The Labute approximate surface area is 99.4 Å². The Morgan fingerprint density at radius 1 is 1.12 bits per heavy atom. The summed E-state index contributed by atoms with van der Waals surface area (Å²) in [5.41, 5.74) is 3.11. The maximum Gasteiger partial charge on any atom is -0.00946 e. The van der Waals surface area contributed by atoms with Crippen molar-refractivity contribution in [2.45, 2.75) is 45.4 Å². The van der Waals surface area contributed by atoms with E-state index < -0.39 is 0 Å². The fourth-order valence-corrected chi connectivity index (χ4v) is 2.71. The number of fused-ring (bicyclic) bond motifs is 1. The summed E-state index contributed by atoms with van der Waals surface area (Å²) in [7, 11) is 0. The molecule has 0 amide bonds. The molecule has 0 nitrogen and oxygen atoms in total. The quantitative estimate of drug-likeness (QED) is 0.594. The monoisotopic (exact) mass is 214 g/mol. The molecule has 16 heavy (non-hydrogen) atoms. The normalized spacial score (nSPS) is 23.1. The van der Waals surface area contributed by atoms with E-state index in [2.05, 4.69) is 50.3 Å². The van der Waals surface area contributed by atoms with Crippen LogP contribution >= 0.6 is 0 Å². The second kappa shape index (κ2) is 5.34. The summed E-state index contributed by atoms with van der Waals surface area (Å²) in [6.07, 6.45) is 9.70. The average molecular weight is 214 g/mol. The van der Waals surface area contributed by atoms with Crippen molar-refractivity contribution in [1.29, 1.82) is 0 Å². The molecular weight excluding hydrogens is 192 g/mol. The standard InChI is InChI=1S/C16H22/c1-13(2)15-11-6-4-3-5-9-14-10-7-8-12-16(14)15/h3,5,7-8,10,12-13,15H,4,6,9,11H2,1-2H3/b5-3-. The van der Waals surface area contributed by atoms with Gasteiger partial charge >= 0.3 is 0 Å². The van der Waals surface area contributed by atoms with Crippen LogP contribution in [-0.4, -0.2) is 0 Å². The van der Waals surface area contributed by atoms with Crippen molar-refractivity contribution in [3.05, 3.63) is 47.5 Å². The molecule has 0 radical (unpaired) electrons. The molecule has 0 saturated carbocycles. The van der Waals surface area contributed by atoms with Crippen LogP contribution in [-0.2, 0) is 6.42 Å². The molecule has 0 aliphatic heterocycles. The van der Waals surface area contributed by atoms with Gasteiger partial charge in [0.1, 0.15) is 0 Å². The van der Waals surface area contributed by atoms with E-state index in [-0.39, 0.29) is 0 Å². The SMILES string of the molecule is CC(C)C1CCC/C=C\Cc2ccccc21. The third-order valence-corrected chi connectivity index (χ3v) is 3.65. The van der Waals surface area contributed by atoms with Gasteiger partial charge in [0, 0.05) is 0 Å². The third-order valence-electron chi connectivity index (χ3n) is 3.65. The Kier molecular flexibility index (Phi) is 3.82. The predicted octanol–water partition coefficient (Wildman–Crippen LogP) is 4.71. The van der Waals surface area contributed by atoms with Gasteiger partial charge in [-0.25, -0.2) is 0 Å². The maximum absolute atomic E-state index is 2.35. The first-order valence-corrected chi connectivity index (χ1v) is 6.52. The van der Waals surface area contributed by atoms with Gasteiger partial charge < -0.3 is 0 Å². The predicted molar refractivity (Wildman–Crippen MR) is 70.7 cm³/mol. The van der Waals surface area contributed by atoms with Crippen molar-refractivity contribution in [2.24, 2.45) is 5.92 Å². The molecule has 0 bridgehead atoms. The molecule has 0 saturated heterocycles. The van der Waals surface area contributed by atoms with Gasteiger partial charge in [0.25, 0.3) is 0 Å². The number of hydrogen-bond acceptors (Lipinski definition) is 0. The van der Waals surface area contributed by atoms with Gasteiger partial charge in [0.2, 0.25) is 0 Å². The van der Waals surface area contributed by atoms with E-state index in [0.29, 0.717) is 0 Å². The Hall–Kier alpha value is -1.04. The highest BCUT2D eigenvalue weighted by Crippen LogP contribution is 2.33. The van der Waals surface area contributed by atoms with E-state index in [9.17, 15) is 0 Å². The minimum absolute atomic E-state index is 0.746. The zero-order valence-corrected chi connectivity index (χ0v) is 10.4. The molecule has 1 atom stereocenters. The fourth-order valence-electron chi connectivity index (χ4n) is 2.71. The lowest BCUT2D eigenvalue weighted by atomic mass is 9.82. The van der Waals surface area contributed by atoms with Gasteiger partial charge in [-0.1, -0.05) is 50.3 Å². The maximum atomic E-state index is 2.35. The van der Waals surface area contributed by atoms with Crippen LogP contribution in [0.2, 0.25) is 0 Å². The number of rotatable bonds is 1. The highest BCUT2D eigenvalue weighted by molar-refractivity contribution is 5.32. The summed E-state index contributed by atoms with van der Waals surface area (Å²) in [6, 6.07) is 8.98. The van der Waals surface area contributed by atoms with Gasteiger partial charge in [-0.05, 0) is 48.6 Å². The molecule has 86 valence electrons. The molecule has 1 aromatic rings. The first kappa shape index (κ1) is 11.4. The Bertz CT molecular complexity index is 360. The largest absolute Gasteiger partial charge is 0.0882 e. The Morgan fingerprint density at radius 3 is 2.75 bits per heavy atom. The van der Waals surface area contributed by atoms with Crippen molar-refractivity contribution in [3.63, 3.8) is 0 Å². The van der Waals surface area contributed by atoms with Crippen LogP contribution in [0.4, 0.5) is 0 Å². The van der Waals surface area contributed by atoms with E-state index in [1.54, 1.807) is 5.56 Å². The first-order chi connectivity index (χ1) is 7.79. The van der Waals surface area contributed by atoms with Crippen LogP contribution in [0.25, 0.3) is 0 Å². The number of benzene rings is 1. The lowest BCUT2D eigenvalue weighted by Crippen LogP contribution is -2.09. The minimum atomic E-state index is 0.746. The van der Waals surface area contributed by atoms with Gasteiger partial charge in [-0.15, -0.1) is 0 Å². The summed E-state index contributed by atoms with van der Waals surface area (Å²) < 4.78 is 0. The van der Waals surface area contributed by atoms with E-state index in [0.717, 1.165) is 18.3 Å². The molecule has 0 fully saturated rings. The fraction of sp³-hybridized carbons (Fsp3) is 0.500. The summed E-state index contributed by atoms with van der Waals surface area (Å²) in [5.74, 6) is 1.50. The van der Waals surface area contributed by atoms with Crippen LogP contribution in [0.3, 0.4) is 0 Å². The zero-order valence-electron chi connectivity index (χ0n) is 10.4. The van der Waals surface area contributed by atoms with E-state index in [4.69, 9.17) is 0 Å². The van der Waals surface area contributed by atoms with E-state index in [1.165, 1.54) is 24.8 Å². The van der Waals surface area contributed by atoms with Gasteiger partial charge in [-0.3, -0.25) is 0 Å². The van der Waals surface area contributed by atoms with Gasteiger partial charge in [-0.2, -0.15) is 0 Å². The van der Waals surface area contributed by atoms with Crippen LogP contribution in [0.1, 0.15) is 50.2 Å². The van der Waals surface area contributed by atoms with Crippen LogP contribution < -0.4 is 0 Å². The highest BCUT2D eigenvalue weighted by atomic mass is 14.2. The molecule has 2 rings (SSSR count). The lowest BCUT2D eigenvalue weighted by Gasteiger charge is -2.23. The second-order valence-electron chi connectivity index (χ2n) is 5.16. The summed E-state index contributed by atoms with van der Waals surface area (Å²) >= 11 is 0. The van der Waals surface area contributed by atoms with E-state index >= 15 is 0 Å². The third kappa shape index (κ3) is 2.55. The molecule has 0 heterocycles. The van der Waals surface area contributed by atoms with Crippen LogP contribution in [0.15, 0.2) is 36.4 Å². The van der Waals surface area contributed by atoms with Gasteiger partial charge in [0.05, 0.1) is 0 Å². The molecule has 0 N–H and O–H groups in total. The smallest absolute Gasteiger partial charge is 0.00946 e. The molecule has 0 heteroatoms. The molecule has 1 unspecified atom stereocenters. The number of hydrogen-bond donors (Lipinski definition) is 0. The topological polar surface area (TPSA) is 0 Å². The van der Waals surface area contributed by atoms with Crippen LogP contribution in [0, 0.1) is 5.92 Å². The summed E-state index contributed by atoms with van der Waals surface area (Å²) in [5, 5.41) is 0. The molecular formula is C16H22. The summed E-state index contributed by atoms with van der Waals surface area (Å²) in [6.45, 7) is 4.71. The average Bonchev–Trinajstić information content (AvgIpc) is 2.38. The Morgan fingerprint density at radius 2 is 1.94 bits per heavy atom. The van der Waals surface area contributed by atoms with Crippen molar-refractivity contribution >= 4 is 0 Å².